The highest BCUT2D eigenvalue weighted by atomic mass is 35.5. The van der Waals surface area contributed by atoms with Crippen LogP contribution < -0.4 is 5.32 Å². The molecular formula is C17H15ClN2O. The van der Waals surface area contributed by atoms with E-state index in [1.165, 1.54) is 6.39 Å². The van der Waals surface area contributed by atoms with Gasteiger partial charge in [0.2, 0.25) is 0 Å². The molecule has 1 heterocycles. The van der Waals surface area contributed by atoms with Crippen molar-refractivity contribution < 1.29 is 4.42 Å². The Hall–Kier alpha value is -2.26. The lowest BCUT2D eigenvalue weighted by Crippen LogP contribution is -2.06. The van der Waals surface area contributed by atoms with Crippen molar-refractivity contribution in [2.75, 3.05) is 5.32 Å². The van der Waals surface area contributed by atoms with Gasteiger partial charge in [0, 0.05) is 22.3 Å². The number of hydrogen-bond donors (Lipinski definition) is 1. The first-order valence-electron chi connectivity index (χ1n) is 6.74. The molecule has 0 aliphatic heterocycles. The van der Waals surface area contributed by atoms with Crippen molar-refractivity contribution in [3.05, 3.63) is 71.7 Å². The molecule has 0 radical (unpaired) electrons. The summed E-state index contributed by atoms with van der Waals surface area (Å²) in [4.78, 5) is 3.92. The van der Waals surface area contributed by atoms with E-state index in [2.05, 4.69) is 17.2 Å². The molecule has 0 saturated heterocycles. The van der Waals surface area contributed by atoms with Crippen LogP contribution in [-0.4, -0.2) is 4.98 Å². The Morgan fingerprint density at radius 2 is 1.86 bits per heavy atom. The van der Waals surface area contributed by atoms with Gasteiger partial charge in [-0.15, -0.1) is 0 Å². The molecule has 2 aromatic carbocycles. The van der Waals surface area contributed by atoms with Gasteiger partial charge in [-0.2, -0.15) is 0 Å². The Balaban J connectivity index is 1.75. The van der Waals surface area contributed by atoms with Crippen molar-refractivity contribution in [2.24, 2.45) is 0 Å². The van der Waals surface area contributed by atoms with E-state index in [0.29, 0.717) is 0 Å². The highest BCUT2D eigenvalue weighted by molar-refractivity contribution is 6.31. The maximum atomic E-state index is 6.22. The molecule has 1 unspecified atom stereocenters. The van der Waals surface area contributed by atoms with Crippen molar-refractivity contribution in [1.82, 2.24) is 4.98 Å². The van der Waals surface area contributed by atoms with Gasteiger partial charge in [0.05, 0.1) is 6.20 Å². The van der Waals surface area contributed by atoms with Gasteiger partial charge in [0.25, 0.3) is 0 Å². The lowest BCUT2D eigenvalue weighted by atomic mass is 10.1. The summed E-state index contributed by atoms with van der Waals surface area (Å²) in [5.41, 5.74) is 3.12. The van der Waals surface area contributed by atoms with Crippen molar-refractivity contribution in [2.45, 2.75) is 13.0 Å². The molecule has 0 amide bonds. The molecule has 106 valence electrons. The molecule has 0 fully saturated rings. The van der Waals surface area contributed by atoms with Crippen molar-refractivity contribution in [3.63, 3.8) is 0 Å². The molecule has 3 nitrogen and oxygen atoms in total. The molecule has 0 spiro atoms. The quantitative estimate of drug-likeness (QED) is 0.722. The Bertz CT molecular complexity index is 708. The average molecular weight is 299 g/mol. The highest BCUT2D eigenvalue weighted by Crippen LogP contribution is 2.27. The van der Waals surface area contributed by atoms with E-state index >= 15 is 0 Å². The van der Waals surface area contributed by atoms with Gasteiger partial charge in [-0.25, -0.2) is 4.98 Å². The van der Waals surface area contributed by atoms with E-state index in [1.807, 2.05) is 48.5 Å². The number of aromatic nitrogens is 1. The Labute approximate surface area is 128 Å². The first-order chi connectivity index (χ1) is 10.2. The number of hydrogen-bond acceptors (Lipinski definition) is 3. The van der Waals surface area contributed by atoms with Crippen LogP contribution in [0.1, 0.15) is 18.5 Å². The Morgan fingerprint density at radius 3 is 2.52 bits per heavy atom. The summed E-state index contributed by atoms with van der Waals surface area (Å²) in [6.07, 6.45) is 3.13. The number of rotatable bonds is 4. The van der Waals surface area contributed by atoms with E-state index in [9.17, 15) is 0 Å². The fourth-order valence-corrected chi connectivity index (χ4v) is 2.54. The van der Waals surface area contributed by atoms with Gasteiger partial charge in [0.1, 0.15) is 0 Å². The van der Waals surface area contributed by atoms with Crippen LogP contribution in [0.2, 0.25) is 5.02 Å². The summed E-state index contributed by atoms with van der Waals surface area (Å²) in [6.45, 7) is 2.09. The average Bonchev–Trinajstić information content (AvgIpc) is 3.02. The molecule has 0 saturated carbocycles. The van der Waals surface area contributed by atoms with E-state index in [-0.39, 0.29) is 6.04 Å². The van der Waals surface area contributed by atoms with Crippen LogP contribution in [0, 0.1) is 0 Å². The maximum Gasteiger partial charge on any atom is 0.181 e. The maximum absolute atomic E-state index is 6.22. The predicted molar refractivity (Wildman–Crippen MR) is 85.4 cm³/mol. The third-order valence-corrected chi connectivity index (χ3v) is 3.70. The second-order valence-corrected chi connectivity index (χ2v) is 5.24. The molecule has 1 atom stereocenters. The number of benzene rings is 2. The minimum Gasteiger partial charge on any atom is -0.444 e. The summed E-state index contributed by atoms with van der Waals surface area (Å²) in [7, 11) is 0. The summed E-state index contributed by atoms with van der Waals surface area (Å²) in [5.74, 6) is 0.765. The van der Waals surface area contributed by atoms with Crippen molar-refractivity contribution >= 4 is 17.3 Å². The summed E-state index contributed by atoms with van der Waals surface area (Å²) in [5, 5.41) is 4.21. The number of nitrogens with one attached hydrogen (secondary N) is 1. The zero-order valence-corrected chi connectivity index (χ0v) is 12.3. The van der Waals surface area contributed by atoms with Crippen LogP contribution in [-0.2, 0) is 0 Å². The first kappa shape index (κ1) is 13.7. The Kier molecular flexibility index (Phi) is 3.93. The van der Waals surface area contributed by atoms with Crippen molar-refractivity contribution in [3.8, 4) is 11.3 Å². The third kappa shape index (κ3) is 3.09. The molecule has 3 aromatic rings. The number of oxazole rings is 1. The second-order valence-electron chi connectivity index (χ2n) is 4.83. The van der Waals surface area contributed by atoms with Crippen LogP contribution >= 0.6 is 11.6 Å². The third-order valence-electron chi connectivity index (χ3n) is 3.36. The van der Waals surface area contributed by atoms with Gasteiger partial charge in [-0.1, -0.05) is 29.8 Å². The van der Waals surface area contributed by atoms with Gasteiger partial charge < -0.3 is 9.73 Å². The lowest BCUT2D eigenvalue weighted by molar-refractivity contribution is 0.572. The van der Waals surface area contributed by atoms with Crippen LogP contribution in [0.15, 0.2) is 65.5 Å². The van der Waals surface area contributed by atoms with Crippen LogP contribution in [0.4, 0.5) is 5.69 Å². The Morgan fingerprint density at radius 1 is 1.10 bits per heavy atom. The molecule has 0 bridgehead atoms. The predicted octanol–water partition coefficient (Wildman–Crippen LogP) is 5.17. The second kappa shape index (κ2) is 6.02. The molecule has 21 heavy (non-hydrogen) atoms. The van der Waals surface area contributed by atoms with Gasteiger partial charge in [-0.05, 0) is 42.8 Å². The molecule has 1 N–H and O–H groups in total. The van der Waals surface area contributed by atoms with E-state index in [0.717, 1.165) is 27.6 Å². The van der Waals surface area contributed by atoms with Crippen molar-refractivity contribution in [1.29, 1.82) is 0 Å². The zero-order valence-electron chi connectivity index (χ0n) is 11.6. The first-order valence-corrected chi connectivity index (χ1v) is 7.12. The molecular weight excluding hydrogens is 284 g/mol. The summed E-state index contributed by atoms with van der Waals surface area (Å²) in [6, 6.07) is 16.0. The molecule has 1 aromatic heterocycles. The van der Waals surface area contributed by atoms with E-state index < -0.39 is 0 Å². The van der Waals surface area contributed by atoms with Gasteiger partial charge >= 0.3 is 0 Å². The minimum atomic E-state index is 0.134. The number of nitrogens with zero attached hydrogens (tertiary/aromatic N) is 1. The van der Waals surface area contributed by atoms with E-state index in [4.69, 9.17) is 16.0 Å². The monoisotopic (exact) mass is 298 g/mol. The fourth-order valence-electron chi connectivity index (χ4n) is 2.24. The van der Waals surface area contributed by atoms with Crippen LogP contribution in [0.25, 0.3) is 11.3 Å². The zero-order chi connectivity index (χ0) is 14.7. The fraction of sp³-hybridized carbons (Fsp3) is 0.118. The summed E-state index contributed by atoms with van der Waals surface area (Å²) >= 11 is 6.22. The van der Waals surface area contributed by atoms with Gasteiger partial charge in [-0.3, -0.25) is 0 Å². The highest BCUT2D eigenvalue weighted by Gasteiger charge is 2.09. The smallest absolute Gasteiger partial charge is 0.181 e. The van der Waals surface area contributed by atoms with E-state index in [1.54, 1.807) is 6.20 Å². The standard InChI is InChI=1S/C17H15ClN2O/c1-12(15-4-2-3-5-16(15)18)20-14-8-6-13(7-9-14)17-10-19-11-21-17/h2-12,20H,1H3. The minimum absolute atomic E-state index is 0.134. The number of halogens is 1. The van der Waals surface area contributed by atoms with Crippen LogP contribution in [0.3, 0.4) is 0 Å². The SMILES string of the molecule is CC(Nc1ccc(-c2cnco2)cc1)c1ccccc1Cl. The lowest BCUT2D eigenvalue weighted by Gasteiger charge is -2.17. The molecule has 4 heteroatoms. The normalized spacial score (nSPS) is 12.1. The topological polar surface area (TPSA) is 38.1 Å². The molecule has 0 aliphatic rings. The molecule has 3 rings (SSSR count). The largest absolute Gasteiger partial charge is 0.444 e. The number of anilines is 1. The summed E-state index contributed by atoms with van der Waals surface area (Å²) < 4.78 is 5.28. The molecule has 0 aliphatic carbocycles. The van der Waals surface area contributed by atoms with Crippen LogP contribution in [0.5, 0.6) is 0 Å². The van der Waals surface area contributed by atoms with Gasteiger partial charge in [0.15, 0.2) is 12.2 Å².